The van der Waals surface area contributed by atoms with E-state index in [9.17, 15) is 0 Å². The van der Waals surface area contributed by atoms with Crippen LogP contribution < -0.4 is 4.90 Å². The molecule has 72 heavy (non-hydrogen) atoms. The number of hydrogen-bond donors (Lipinski definition) is 0. The highest BCUT2D eigenvalue weighted by molar-refractivity contribution is 6.08. The van der Waals surface area contributed by atoms with Crippen LogP contribution in [0.4, 0.5) is 17.1 Å². The van der Waals surface area contributed by atoms with Crippen molar-refractivity contribution in [1.82, 2.24) is 0 Å². The summed E-state index contributed by atoms with van der Waals surface area (Å²) in [5.74, 6) is 0. The standard InChI is InChI=1S/C71H51N/c1-69(2)60-39-23-21-37-56(60)57-44-42-55(46-62(57)69)72(54-35-19-8-20-36-54)68-66-58-38-22-24-40-61(58)70(50-27-11-4-12-28-50,51-29-13-5-14-30-51)64(66)47-65-67(68)59-43-41-49(48-25-9-3-10-26-48)45-63(59)71(65,52-31-15-6-16-32-52)53-33-17-7-18-34-53/h3-47H,1-2H3. The predicted octanol–water partition coefficient (Wildman–Crippen LogP) is 17.9. The highest BCUT2D eigenvalue weighted by Crippen LogP contribution is 2.68. The molecule has 0 fully saturated rings. The minimum absolute atomic E-state index is 0.205. The Morgan fingerprint density at radius 3 is 1.24 bits per heavy atom. The Balaban J connectivity index is 1.21. The molecule has 0 aliphatic heterocycles. The first kappa shape index (κ1) is 42.1. The number of nitrogens with zero attached hydrogens (tertiary/aromatic N) is 1. The average Bonchev–Trinajstić information content (AvgIpc) is 4.01. The second kappa shape index (κ2) is 16.1. The van der Waals surface area contributed by atoms with Gasteiger partial charge in [0.15, 0.2) is 0 Å². The molecule has 0 atom stereocenters. The van der Waals surface area contributed by atoms with Crippen LogP contribution in [0.2, 0.25) is 0 Å². The minimum atomic E-state index is -0.723. The van der Waals surface area contributed by atoms with Crippen molar-refractivity contribution in [3.05, 3.63) is 329 Å². The first-order valence-corrected chi connectivity index (χ1v) is 25.3. The summed E-state index contributed by atoms with van der Waals surface area (Å²) < 4.78 is 0. The third kappa shape index (κ3) is 5.83. The molecule has 0 heterocycles. The highest BCUT2D eigenvalue weighted by atomic mass is 15.2. The first-order valence-electron chi connectivity index (χ1n) is 25.3. The minimum Gasteiger partial charge on any atom is -0.309 e. The summed E-state index contributed by atoms with van der Waals surface area (Å²) >= 11 is 0. The molecule has 0 amide bonds. The molecule has 340 valence electrons. The van der Waals surface area contributed by atoms with Crippen molar-refractivity contribution in [2.24, 2.45) is 0 Å². The normalized spacial score (nSPS) is 14.6. The van der Waals surface area contributed by atoms with E-state index in [1.54, 1.807) is 0 Å². The maximum atomic E-state index is 2.65. The smallest absolute Gasteiger partial charge is 0.0714 e. The van der Waals surface area contributed by atoms with Gasteiger partial charge in [0.05, 0.1) is 16.5 Å². The third-order valence-electron chi connectivity index (χ3n) is 16.4. The van der Waals surface area contributed by atoms with Crippen molar-refractivity contribution < 1.29 is 0 Å². The second-order valence-electron chi connectivity index (χ2n) is 20.3. The fourth-order valence-electron chi connectivity index (χ4n) is 13.4. The Kier molecular flexibility index (Phi) is 9.44. The van der Waals surface area contributed by atoms with Crippen LogP contribution in [0.25, 0.3) is 44.5 Å². The summed E-state index contributed by atoms with van der Waals surface area (Å²) in [5.41, 5.74) is 24.6. The molecule has 0 radical (unpaired) electrons. The zero-order valence-electron chi connectivity index (χ0n) is 40.4. The van der Waals surface area contributed by atoms with E-state index in [-0.39, 0.29) is 5.41 Å². The molecule has 0 bridgehead atoms. The molecular formula is C71H51N. The summed E-state index contributed by atoms with van der Waals surface area (Å²) in [5, 5.41) is 0. The van der Waals surface area contributed by atoms with Gasteiger partial charge in [0.25, 0.3) is 0 Å². The van der Waals surface area contributed by atoms with E-state index in [1.165, 1.54) is 106 Å². The molecular weight excluding hydrogens is 867 g/mol. The molecule has 0 unspecified atom stereocenters. The molecule has 0 saturated heterocycles. The molecule has 1 heteroatoms. The molecule has 0 N–H and O–H groups in total. The Labute approximate surface area is 423 Å². The van der Waals surface area contributed by atoms with Crippen LogP contribution in [0.5, 0.6) is 0 Å². The third-order valence-corrected chi connectivity index (χ3v) is 16.4. The zero-order valence-corrected chi connectivity index (χ0v) is 40.4. The zero-order chi connectivity index (χ0) is 48.0. The van der Waals surface area contributed by atoms with Crippen LogP contribution in [0.3, 0.4) is 0 Å². The van der Waals surface area contributed by atoms with Gasteiger partial charge in [-0.25, -0.2) is 0 Å². The Morgan fingerprint density at radius 2 is 0.681 bits per heavy atom. The van der Waals surface area contributed by atoms with Gasteiger partial charge in [-0.3, -0.25) is 0 Å². The topological polar surface area (TPSA) is 3.24 Å². The van der Waals surface area contributed by atoms with Gasteiger partial charge in [0.2, 0.25) is 0 Å². The lowest BCUT2D eigenvalue weighted by atomic mass is 9.64. The lowest BCUT2D eigenvalue weighted by molar-refractivity contribution is 0.660. The SMILES string of the molecule is CC1(C)c2ccccc2-c2ccc(N(c3ccccc3)c3c4c(cc5c3-c3ccc(-c6ccccc6)cc3C5(c3ccccc3)c3ccccc3)C(c3ccccc3)(c3ccccc3)c3ccccc3-4)cc21. The Hall–Kier alpha value is -8.78. The van der Waals surface area contributed by atoms with Crippen LogP contribution in [-0.4, -0.2) is 0 Å². The van der Waals surface area contributed by atoms with Gasteiger partial charge in [-0.05, 0) is 119 Å². The van der Waals surface area contributed by atoms with Gasteiger partial charge in [0.1, 0.15) is 0 Å². The van der Waals surface area contributed by atoms with Gasteiger partial charge < -0.3 is 4.90 Å². The van der Waals surface area contributed by atoms with E-state index in [0.717, 1.165) is 11.4 Å². The maximum Gasteiger partial charge on any atom is 0.0714 e. The Bertz CT molecular complexity index is 3780. The number of anilines is 3. The maximum absolute atomic E-state index is 2.65. The van der Waals surface area contributed by atoms with Crippen LogP contribution in [0.15, 0.2) is 273 Å². The average molecular weight is 918 g/mol. The van der Waals surface area contributed by atoms with Crippen molar-refractivity contribution in [2.75, 3.05) is 4.90 Å². The monoisotopic (exact) mass is 917 g/mol. The van der Waals surface area contributed by atoms with Crippen molar-refractivity contribution in [3.63, 3.8) is 0 Å². The molecule has 3 aliphatic carbocycles. The lowest BCUT2D eigenvalue weighted by Crippen LogP contribution is -2.31. The van der Waals surface area contributed by atoms with Crippen molar-refractivity contribution >= 4 is 17.1 Å². The lowest BCUT2D eigenvalue weighted by Gasteiger charge is -2.38. The molecule has 11 aromatic carbocycles. The fourth-order valence-corrected chi connectivity index (χ4v) is 13.4. The van der Waals surface area contributed by atoms with Crippen molar-refractivity contribution in [3.8, 4) is 44.5 Å². The van der Waals surface area contributed by atoms with Crippen LogP contribution >= 0.6 is 0 Å². The van der Waals surface area contributed by atoms with E-state index < -0.39 is 10.8 Å². The quantitative estimate of drug-likeness (QED) is 0.147. The van der Waals surface area contributed by atoms with Crippen molar-refractivity contribution in [2.45, 2.75) is 30.1 Å². The summed E-state index contributed by atoms with van der Waals surface area (Å²) in [6.07, 6.45) is 0. The molecule has 1 nitrogen and oxygen atoms in total. The van der Waals surface area contributed by atoms with Gasteiger partial charge in [0, 0.05) is 27.9 Å². The summed E-state index contributed by atoms with van der Waals surface area (Å²) in [4.78, 5) is 2.63. The van der Waals surface area contributed by atoms with Crippen LogP contribution in [-0.2, 0) is 16.2 Å². The molecule has 11 aromatic rings. The molecule has 0 spiro atoms. The highest BCUT2D eigenvalue weighted by Gasteiger charge is 2.54. The second-order valence-corrected chi connectivity index (χ2v) is 20.3. The van der Waals surface area contributed by atoms with Gasteiger partial charge in [-0.1, -0.05) is 257 Å². The van der Waals surface area contributed by atoms with Crippen LogP contribution in [0, 0.1) is 0 Å². The predicted molar refractivity (Wildman–Crippen MR) is 299 cm³/mol. The molecule has 0 saturated carbocycles. The number of para-hydroxylation sites is 1. The first-order chi connectivity index (χ1) is 35.5. The molecule has 3 aliphatic rings. The number of fused-ring (bicyclic) bond motifs is 9. The number of benzene rings is 11. The van der Waals surface area contributed by atoms with Crippen LogP contribution in [0.1, 0.15) is 69.5 Å². The summed E-state index contributed by atoms with van der Waals surface area (Å²) in [6.45, 7) is 4.79. The molecule has 14 rings (SSSR count). The Morgan fingerprint density at radius 1 is 0.264 bits per heavy atom. The molecule has 0 aromatic heterocycles. The summed E-state index contributed by atoms with van der Waals surface area (Å²) in [6, 6.07) is 103. The van der Waals surface area contributed by atoms with Gasteiger partial charge in [-0.2, -0.15) is 0 Å². The largest absolute Gasteiger partial charge is 0.309 e. The van der Waals surface area contributed by atoms with E-state index >= 15 is 0 Å². The van der Waals surface area contributed by atoms with Crippen molar-refractivity contribution in [1.29, 1.82) is 0 Å². The fraction of sp³-hybridized carbons (Fsp3) is 0.0704. The summed E-state index contributed by atoms with van der Waals surface area (Å²) in [7, 11) is 0. The number of rotatable bonds is 8. The van der Waals surface area contributed by atoms with Gasteiger partial charge in [-0.15, -0.1) is 0 Å². The van der Waals surface area contributed by atoms with Gasteiger partial charge >= 0.3 is 0 Å². The van der Waals surface area contributed by atoms with E-state index in [1.807, 2.05) is 0 Å². The number of hydrogen-bond acceptors (Lipinski definition) is 1. The van der Waals surface area contributed by atoms with E-state index in [0.29, 0.717) is 0 Å². The van der Waals surface area contributed by atoms with E-state index in [4.69, 9.17) is 0 Å². The van der Waals surface area contributed by atoms with E-state index in [2.05, 4.69) is 292 Å².